The topological polar surface area (TPSA) is 384 Å². The van der Waals surface area contributed by atoms with Gasteiger partial charge in [-0.1, -0.05) is 12.2 Å². The summed E-state index contributed by atoms with van der Waals surface area (Å²) < 4.78 is 18.5. The first-order valence-corrected chi connectivity index (χ1v) is 26.8. The van der Waals surface area contributed by atoms with Crippen LogP contribution in [-0.2, 0) is 50.2 Å². The number of carboxylic acid groups (broad SMARTS) is 1. The number of hydrogen-bond donors (Lipinski definition) is 7. The Labute approximate surface area is 467 Å². The molecule has 29 heteroatoms. The number of likely N-dealkylation sites (N-methyl/N-ethyl adjacent to an activating group) is 1. The molecular weight excluding hydrogens is 1070 g/mol. The standard InChI is InChI=1S/C52H64N16O12S/c1-8-67-35(19-27(3)61-67)46(73)59-51-57-33-21-30(44(54)71)23-37(79-7)42(33)65(51)15-10-11-16-66-43-34(58-52(66)60-47(74)36-20-28(4)62-68(36)9-2)22-31(45(55)72)24-38(43)80-18-12-14-63(6)48(75)29(5)56-40(69)13-17-64-41(70)25-39(49(64)76)81-26-32(53)50(77)78/h10-11,19-24,29,32,39H,8-9,12-18,25-26,53H2,1-7H3,(H2,54,71)(H2,55,72)(H,56,69)(H,77,78)(H,57,59,73)(H,58,60,74)/b11-10+/t29-,32-,39?/m0/s1. The number of fused-ring (bicyclic) bond motifs is 2. The fraction of sp³-hybridized carbons (Fsp3) is 0.404. The number of nitrogens with zero attached hydrogens (tertiary/aromatic N) is 10. The van der Waals surface area contributed by atoms with Gasteiger partial charge in [-0.15, -0.1) is 11.8 Å². The maximum atomic E-state index is 14.0. The lowest BCUT2D eigenvalue weighted by atomic mass is 10.1. The summed E-state index contributed by atoms with van der Waals surface area (Å²) in [4.78, 5) is 127. The van der Waals surface area contributed by atoms with Crippen molar-refractivity contribution < 1.29 is 57.7 Å². The molecule has 1 unspecified atom stereocenters. The van der Waals surface area contributed by atoms with Crippen LogP contribution < -0.4 is 42.6 Å². The number of thioether (sulfide) groups is 1. The van der Waals surface area contributed by atoms with Crippen molar-refractivity contribution in [1.82, 2.24) is 53.8 Å². The van der Waals surface area contributed by atoms with E-state index < -0.39 is 70.6 Å². The number of primary amides is 2. The molecule has 5 heterocycles. The SMILES string of the molecule is CCn1nc(C)cc1C(=O)Nc1nc2cc(C(N)=O)cc(OC)c2n1C/C=C/Cn1c(NC(=O)c2cc(C)nn2CC)nc2cc(C(N)=O)cc(OCCCN(C)C(=O)[C@H](C)NC(=O)CCN3C(=O)CC(SC[C@H](N)C(=O)O)C3=O)c21. The molecule has 0 radical (unpaired) electrons. The first-order chi connectivity index (χ1) is 38.5. The van der Waals surface area contributed by atoms with E-state index in [0.29, 0.717) is 46.7 Å². The van der Waals surface area contributed by atoms with E-state index in [0.717, 1.165) is 16.7 Å². The molecule has 6 aromatic rings. The van der Waals surface area contributed by atoms with Gasteiger partial charge >= 0.3 is 5.97 Å². The lowest BCUT2D eigenvalue weighted by Gasteiger charge is -2.22. The summed E-state index contributed by atoms with van der Waals surface area (Å²) in [5.41, 5.74) is 20.3. The summed E-state index contributed by atoms with van der Waals surface area (Å²) in [6.45, 7) is 9.56. The second kappa shape index (κ2) is 25.8. The molecule has 430 valence electrons. The van der Waals surface area contributed by atoms with Crippen LogP contribution in [0.1, 0.15) is 93.1 Å². The number of carboxylic acids is 1. The number of nitrogens with one attached hydrogen (secondary N) is 3. The molecule has 1 aliphatic rings. The number of allylic oxidation sites excluding steroid dienone is 2. The van der Waals surface area contributed by atoms with E-state index in [-0.39, 0.29) is 104 Å². The first-order valence-electron chi connectivity index (χ1n) is 25.7. The van der Waals surface area contributed by atoms with E-state index in [9.17, 15) is 43.2 Å². The quantitative estimate of drug-likeness (QED) is 0.0220. The van der Waals surface area contributed by atoms with E-state index >= 15 is 0 Å². The summed E-state index contributed by atoms with van der Waals surface area (Å²) in [5.74, 6) is -5.30. The molecule has 28 nitrogen and oxygen atoms in total. The molecule has 0 aliphatic carbocycles. The number of anilines is 2. The number of rotatable bonds is 27. The number of imide groups is 1. The van der Waals surface area contributed by atoms with Crippen LogP contribution in [0.4, 0.5) is 11.9 Å². The smallest absolute Gasteiger partial charge is 0.321 e. The number of carbonyl (C=O) groups is 9. The number of aromatic nitrogens is 8. The van der Waals surface area contributed by atoms with Gasteiger partial charge in [0.05, 0.1) is 41.4 Å². The molecular formula is C52H64N16O12S. The molecule has 10 N–H and O–H groups in total. The van der Waals surface area contributed by atoms with Crippen LogP contribution in [0, 0.1) is 13.8 Å². The van der Waals surface area contributed by atoms with Crippen LogP contribution >= 0.6 is 11.8 Å². The van der Waals surface area contributed by atoms with Gasteiger partial charge in [0.1, 0.15) is 46.0 Å². The lowest BCUT2D eigenvalue weighted by molar-refractivity contribution is -0.140. The Morgan fingerprint density at radius 2 is 1.35 bits per heavy atom. The normalized spacial score (nSPS) is 14.2. The third-order valence-electron chi connectivity index (χ3n) is 13.0. The Balaban J connectivity index is 1.10. The molecule has 2 aromatic carbocycles. The zero-order valence-corrected chi connectivity index (χ0v) is 46.5. The number of methoxy groups -OCH3 is 1. The van der Waals surface area contributed by atoms with Crippen molar-refractivity contribution in [2.75, 3.05) is 50.2 Å². The maximum Gasteiger partial charge on any atom is 0.321 e. The van der Waals surface area contributed by atoms with Crippen molar-refractivity contribution in [3.8, 4) is 11.5 Å². The molecule has 1 fully saturated rings. The van der Waals surface area contributed by atoms with Crippen LogP contribution in [0.25, 0.3) is 22.1 Å². The molecule has 8 amide bonds. The molecule has 1 saturated heterocycles. The fourth-order valence-corrected chi connectivity index (χ4v) is 10.1. The Morgan fingerprint density at radius 3 is 1.84 bits per heavy atom. The highest BCUT2D eigenvalue weighted by molar-refractivity contribution is 8.00. The van der Waals surface area contributed by atoms with Gasteiger partial charge in [-0.3, -0.25) is 68.0 Å². The number of nitrogens with two attached hydrogens (primary N) is 3. The van der Waals surface area contributed by atoms with E-state index in [1.165, 1.54) is 50.2 Å². The van der Waals surface area contributed by atoms with E-state index in [2.05, 4.69) is 31.1 Å². The van der Waals surface area contributed by atoms with Gasteiger partial charge in [0.15, 0.2) is 0 Å². The Bertz CT molecular complexity index is 3490. The van der Waals surface area contributed by atoms with E-state index in [1.807, 2.05) is 13.8 Å². The molecule has 1 aliphatic heterocycles. The van der Waals surface area contributed by atoms with Crippen molar-refractivity contribution >= 4 is 99.0 Å². The number of benzene rings is 2. The van der Waals surface area contributed by atoms with E-state index in [4.69, 9.17) is 36.8 Å². The third kappa shape index (κ3) is 13.7. The van der Waals surface area contributed by atoms with Gasteiger partial charge in [0.2, 0.25) is 47.3 Å². The molecule has 81 heavy (non-hydrogen) atoms. The van der Waals surface area contributed by atoms with Crippen LogP contribution in [0.3, 0.4) is 0 Å². The Hall–Kier alpha value is -9.12. The number of imidazole rings is 2. The predicted octanol–water partition coefficient (Wildman–Crippen LogP) is 1.80. The maximum absolute atomic E-state index is 14.0. The van der Waals surface area contributed by atoms with Crippen molar-refractivity contribution in [1.29, 1.82) is 0 Å². The van der Waals surface area contributed by atoms with Gasteiger partial charge < -0.3 is 51.1 Å². The number of carbonyl (C=O) groups excluding carboxylic acids is 8. The van der Waals surface area contributed by atoms with Crippen molar-refractivity contribution in [3.05, 3.63) is 82.5 Å². The molecule has 0 bridgehead atoms. The Kier molecular flexibility index (Phi) is 18.9. The van der Waals surface area contributed by atoms with Gasteiger partial charge in [0.25, 0.3) is 11.8 Å². The zero-order valence-electron chi connectivity index (χ0n) is 45.7. The minimum Gasteiger partial charge on any atom is -0.494 e. The predicted molar refractivity (Wildman–Crippen MR) is 297 cm³/mol. The number of likely N-dealkylation sites (tertiary alicyclic amines) is 1. The summed E-state index contributed by atoms with van der Waals surface area (Å²) in [6.07, 6.45) is 3.37. The molecule has 4 aromatic heterocycles. The summed E-state index contributed by atoms with van der Waals surface area (Å²) in [6, 6.07) is 6.96. The number of ether oxygens (including phenoxy) is 2. The van der Waals surface area contributed by atoms with Crippen molar-refractivity contribution in [2.24, 2.45) is 17.2 Å². The highest BCUT2D eigenvalue weighted by Gasteiger charge is 2.39. The Morgan fingerprint density at radius 1 is 0.827 bits per heavy atom. The van der Waals surface area contributed by atoms with Crippen LogP contribution in [0.2, 0.25) is 0 Å². The van der Waals surface area contributed by atoms with Gasteiger partial charge in [0, 0.05) is 76.0 Å². The monoisotopic (exact) mass is 1140 g/mol. The first kappa shape index (κ1) is 59.5. The van der Waals surface area contributed by atoms with Gasteiger partial charge in [-0.25, -0.2) is 9.97 Å². The number of aliphatic carboxylic acids is 1. The number of amides is 8. The summed E-state index contributed by atoms with van der Waals surface area (Å²) in [5, 5.41) is 25.4. The minimum atomic E-state index is -1.24. The molecule has 7 rings (SSSR count). The highest BCUT2D eigenvalue weighted by Crippen LogP contribution is 2.34. The van der Waals surface area contributed by atoms with Gasteiger partial charge in [-0.05, 0) is 77.4 Å². The molecule has 3 atom stereocenters. The van der Waals surface area contributed by atoms with Crippen LogP contribution in [0.15, 0.2) is 48.6 Å². The largest absolute Gasteiger partial charge is 0.494 e. The average molecular weight is 1140 g/mol. The third-order valence-corrected chi connectivity index (χ3v) is 14.4. The number of hydrogen-bond acceptors (Lipinski definition) is 17. The van der Waals surface area contributed by atoms with Crippen LogP contribution in [-0.4, -0.2) is 164 Å². The van der Waals surface area contributed by atoms with Gasteiger partial charge in [-0.2, -0.15) is 10.2 Å². The lowest BCUT2D eigenvalue weighted by Crippen LogP contribution is -2.46. The van der Waals surface area contributed by atoms with Crippen molar-refractivity contribution in [3.63, 3.8) is 0 Å². The van der Waals surface area contributed by atoms with Crippen molar-refractivity contribution in [2.45, 2.75) is 97.4 Å². The molecule has 0 saturated carbocycles. The summed E-state index contributed by atoms with van der Waals surface area (Å²) >= 11 is 0.964. The van der Waals surface area contributed by atoms with E-state index in [1.54, 1.807) is 56.6 Å². The second-order valence-corrected chi connectivity index (χ2v) is 20.2. The van der Waals surface area contributed by atoms with Crippen LogP contribution in [0.5, 0.6) is 11.5 Å². The zero-order chi connectivity index (χ0) is 59.0. The second-order valence-electron chi connectivity index (χ2n) is 18.9. The number of aryl methyl sites for hydroxylation is 4. The highest BCUT2D eigenvalue weighted by atomic mass is 32.2. The average Bonchev–Trinajstić information content (AvgIpc) is 4.28. The fourth-order valence-electron chi connectivity index (χ4n) is 9.01. The molecule has 0 spiro atoms. The minimum absolute atomic E-state index is 0.00707. The summed E-state index contributed by atoms with van der Waals surface area (Å²) in [7, 11) is 2.96.